The van der Waals surface area contributed by atoms with Gasteiger partial charge in [-0.15, -0.1) is 10.2 Å². The van der Waals surface area contributed by atoms with Crippen molar-refractivity contribution < 1.29 is 19.8 Å². The standard InChI is InChI=1S/C19H17BrN4O4S/c1-2-24-17(14-9-12(20)6-7-15(14)25)22-23-19(24)29-10-16(26)21-13-5-3-4-11(8-13)18(27)28/h3-9,25H,2,10H2,1H3,(H,21,26)(H,27,28). The number of rotatable bonds is 7. The third-order valence-electron chi connectivity index (χ3n) is 3.96. The summed E-state index contributed by atoms with van der Waals surface area (Å²) in [5.41, 5.74) is 1.04. The summed E-state index contributed by atoms with van der Waals surface area (Å²) in [5.74, 6) is -0.698. The number of aromatic hydroxyl groups is 1. The van der Waals surface area contributed by atoms with Gasteiger partial charge in [-0.05, 0) is 43.3 Å². The molecule has 0 spiro atoms. The molecule has 2 aromatic carbocycles. The minimum Gasteiger partial charge on any atom is -0.507 e. The lowest BCUT2D eigenvalue weighted by atomic mass is 10.2. The number of phenolic OH excluding ortho intramolecular Hbond substituents is 1. The number of thioether (sulfide) groups is 1. The Morgan fingerprint density at radius 2 is 2.00 bits per heavy atom. The Kier molecular flexibility index (Phi) is 6.55. The fourth-order valence-electron chi connectivity index (χ4n) is 2.62. The van der Waals surface area contributed by atoms with Crippen LogP contribution in [0.5, 0.6) is 5.75 Å². The van der Waals surface area contributed by atoms with Gasteiger partial charge in [0.2, 0.25) is 5.91 Å². The normalized spacial score (nSPS) is 10.7. The Balaban J connectivity index is 1.72. The number of hydrogen-bond donors (Lipinski definition) is 3. The molecule has 10 heteroatoms. The molecule has 0 aliphatic carbocycles. The van der Waals surface area contributed by atoms with Crippen molar-refractivity contribution in [2.24, 2.45) is 0 Å². The molecule has 0 aliphatic rings. The number of aromatic nitrogens is 3. The van der Waals surface area contributed by atoms with Crippen molar-refractivity contribution in [1.82, 2.24) is 14.8 Å². The van der Waals surface area contributed by atoms with E-state index in [1.807, 2.05) is 11.5 Å². The van der Waals surface area contributed by atoms with Gasteiger partial charge >= 0.3 is 5.97 Å². The van der Waals surface area contributed by atoms with E-state index in [-0.39, 0.29) is 23.0 Å². The van der Waals surface area contributed by atoms with E-state index in [0.717, 1.165) is 4.47 Å². The molecule has 29 heavy (non-hydrogen) atoms. The lowest BCUT2D eigenvalue weighted by Crippen LogP contribution is -2.15. The van der Waals surface area contributed by atoms with Crippen LogP contribution in [0, 0.1) is 0 Å². The lowest BCUT2D eigenvalue weighted by molar-refractivity contribution is -0.113. The molecule has 0 fully saturated rings. The van der Waals surface area contributed by atoms with Crippen molar-refractivity contribution in [2.45, 2.75) is 18.6 Å². The largest absolute Gasteiger partial charge is 0.507 e. The summed E-state index contributed by atoms with van der Waals surface area (Å²) in [7, 11) is 0. The van der Waals surface area contributed by atoms with Gasteiger partial charge in [0.1, 0.15) is 5.75 Å². The molecule has 0 saturated heterocycles. The summed E-state index contributed by atoms with van der Waals surface area (Å²) in [6, 6.07) is 11.1. The maximum absolute atomic E-state index is 12.3. The van der Waals surface area contributed by atoms with E-state index in [1.165, 1.54) is 23.9 Å². The third kappa shape index (κ3) is 4.96. The Bertz CT molecular complexity index is 1070. The molecule has 3 aromatic rings. The number of anilines is 1. The Morgan fingerprint density at radius 3 is 2.72 bits per heavy atom. The van der Waals surface area contributed by atoms with E-state index in [9.17, 15) is 14.7 Å². The number of halogens is 1. The summed E-state index contributed by atoms with van der Waals surface area (Å²) in [5, 5.41) is 30.7. The van der Waals surface area contributed by atoms with E-state index in [4.69, 9.17) is 5.11 Å². The number of carbonyl (C=O) groups excluding carboxylic acids is 1. The first kappa shape index (κ1) is 20.9. The van der Waals surface area contributed by atoms with Crippen LogP contribution < -0.4 is 5.32 Å². The molecule has 0 saturated carbocycles. The van der Waals surface area contributed by atoms with Crippen molar-refractivity contribution in [2.75, 3.05) is 11.1 Å². The van der Waals surface area contributed by atoms with Crippen LogP contribution in [0.1, 0.15) is 17.3 Å². The third-order valence-corrected chi connectivity index (χ3v) is 5.42. The zero-order valence-corrected chi connectivity index (χ0v) is 17.7. The van der Waals surface area contributed by atoms with Crippen molar-refractivity contribution in [3.63, 3.8) is 0 Å². The molecular weight excluding hydrogens is 460 g/mol. The molecule has 0 radical (unpaired) electrons. The van der Waals surface area contributed by atoms with Gasteiger partial charge in [0.15, 0.2) is 11.0 Å². The van der Waals surface area contributed by atoms with E-state index in [1.54, 1.807) is 30.3 Å². The van der Waals surface area contributed by atoms with Crippen molar-refractivity contribution in [1.29, 1.82) is 0 Å². The summed E-state index contributed by atoms with van der Waals surface area (Å²) < 4.78 is 2.61. The molecule has 0 bridgehead atoms. The molecule has 1 amide bonds. The smallest absolute Gasteiger partial charge is 0.335 e. The van der Waals surface area contributed by atoms with Crippen LogP contribution in [0.3, 0.4) is 0 Å². The second-order valence-corrected chi connectivity index (χ2v) is 7.79. The van der Waals surface area contributed by atoms with Gasteiger partial charge in [-0.1, -0.05) is 33.8 Å². The van der Waals surface area contributed by atoms with Crippen LogP contribution >= 0.6 is 27.7 Å². The van der Waals surface area contributed by atoms with Gasteiger partial charge in [-0.3, -0.25) is 4.79 Å². The van der Waals surface area contributed by atoms with Gasteiger partial charge < -0.3 is 20.1 Å². The first-order valence-corrected chi connectivity index (χ1v) is 10.3. The molecule has 1 aromatic heterocycles. The highest BCUT2D eigenvalue weighted by Gasteiger charge is 2.17. The molecule has 1 heterocycles. The average molecular weight is 477 g/mol. The van der Waals surface area contributed by atoms with E-state index in [0.29, 0.717) is 28.8 Å². The number of nitrogens with zero attached hydrogens (tertiary/aromatic N) is 3. The van der Waals surface area contributed by atoms with Crippen LogP contribution in [0.15, 0.2) is 52.1 Å². The first-order valence-electron chi connectivity index (χ1n) is 8.57. The molecule has 3 N–H and O–H groups in total. The molecule has 8 nitrogen and oxygen atoms in total. The fraction of sp³-hybridized carbons (Fsp3) is 0.158. The fourth-order valence-corrected chi connectivity index (χ4v) is 3.79. The predicted molar refractivity (Wildman–Crippen MR) is 113 cm³/mol. The average Bonchev–Trinajstić information content (AvgIpc) is 3.11. The van der Waals surface area contributed by atoms with E-state index < -0.39 is 5.97 Å². The maximum atomic E-state index is 12.3. The predicted octanol–water partition coefficient (Wildman–Crippen LogP) is 3.86. The quantitative estimate of drug-likeness (QED) is 0.443. The van der Waals surface area contributed by atoms with Crippen LogP contribution in [-0.4, -0.2) is 42.6 Å². The number of carboxylic acid groups (broad SMARTS) is 1. The number of aromatic carboxylic acids is 1. The Hall–Kier alpha value is -2.85. The summed E-state index contributed by atoms with van der Waals surface area (Å²) in [6.45, 7) is 2.47. The highest BCUT2D eigenvalue weighted by Crippen LogP contribution is 2.32. The summed E-state index contributed by atoms with van der Waals surface area (Å²) >= 11 is 4.58. The van der Waals surface area contributed by atoms with Crippen molar-refractivity contribution >= 4 is 45.3 Å². The lowest BCUT2D eigenvalue weighted by Gasteiger charge is -2.09. The van der Waals surface area contributed by atoms with Crippen molar-refractivity contribution in [3.05, 3.63) is 52.5 Å². The highest BCUT2D eigenvalue weighted by atomic mass is 79.9. The second-order valence-electron chi connectivity index (χ2n) is 5.93. The maximum Gasteiger partial charge on any atom is 0.335 e. The molecule has 3 rings (SSSR count). The summed E-state index contributed by atoms with van der Waals surface area (Å²) in [4.78, 5) is 23.3. The number of carbonyl (C=O) groups is 2. The number of amides is 1. The second kappa shape index (κ2) is 9.10. The topological polar surface area (TPSA) is 117 Å². The minimum absolute atomic E-state index is 0.0693. The van der Waals surface area contributed by atoms with Crippen LogP contribution in [-0.2, 0) is 11.3 Å². The molecule has 0 atom stereocenters. The van der Waals surface area contributed by atoms with E-state index in [2.05, 4.69) is 31.4 Å². The zero-order chi connectivity index (χ0) is 21.0. The monoisotopic (exact) mass is 476 g/mol. The molecule has 150 valence electrons. The molecule has 0 unspecified atom stereocenters. The number of phenols is 1. The SMILES string of the molecule is CCn1c(SCC(=O)Nc2cccc(C(=O)O)c2)nnc1-c1cc(Br)ccc1O. The van der Waals surface area contributed by atoms with Crippen LogP contribution in [0.25, 0.3) is 11.4 Å². The van der Waals surface area contributed by atoms with Gasteiger partial charge in [0, 0.05) is 16.7 Å². The number of hydrogen-bond acceptors (Lipinski definition) is 6. The van der Waals surface area contributed by atoms with Gasteiger partial charge in [-0.25, -0.2) is 4.79 Å². The minimum atomic E-state index is -1.06. The van der Waals surface area contributed by atoms with Crippen LogP contribution in [0.2, 0.25) is 0 Å². The summed E-state index contributed by atoms with van der Waals surface area (Å²) in [6.07, 6.45) is 0. The molecule has 0 aliphatic heterocycles. The van der Waals surface area contributed by atoms with Crippen molar-refractivity contribution in [3.8, 4) is 17.1 Å². The van der Waals surface area contributed by atoms with E-state index >= 15 is 0 Å². The van der Waals surface area contributed by atoms with Crippen LogP contribution in [0.4, 0.5) is 5.69 Å². The van der Waals surface area contributed by atoms with Gasteiger partial charge in [0.05, 0.1) is 16.9 Å². The molecular formula is C19H17BrN4O4S. The number of carboxylic acids is 1. The Morgan fingerprint density at radius 1 is 1.21 bits per heavy atom. The highest BCUT2D eigenvalue weighted by molar-refractivity contribution is 9.10. The number of nitrogens with one attached hydrogen (secondary N) is 1. The first-order chi connectivity index (χ1) is 13.9. The van der Waals surface area contributed by atoms with Gasteiger partial charge in [-0.2, -0.15) is 0 Å². The zero-order valence-electron chi connectivity index (χ0n) is 15.3. The van der Waals surface area contributed by atoms with Gasteiger partial charge in [0.25, 0.3) is 0 Å². The Labute approximate surface area is 179 Å². The number of benzene rings is 2.